The number of aromatic nitrogens is 2. The zero-order valence-corrected chi connectivity index (χ0v) is 17.5. The Morgan fingerprint density at radius 2 is 1.76 bits per heavy atom. The first-order valence-electron chi connectivity index (χ1n) is 8.53. The number of rotatable bonds is 4. The van der Waals surface area contributed by atoms with Crippen molar-refractivity contribution in [2.24, 2.45) is 0 Å². The van der Waals surface area contributed by atoms with Crippen molar-refractivity contribution in [1.29, 1.82) is 0 Å². The van der Waals surface area contributed by atoms with Crippen LogP contribution in [0.3, 0.4) is 0 Å². The molecule has 0 bridgehead atoms. The van der Waals surface area contributed by atoms with Crippen molar-refractivity contribution in [2.45, 2.75) is 11.1 Å². The molecule has 0 atom stereocenters. The summed E-state index contributed by atoms with van der Waals surface area (Å²) in [6.07, 6.45) is -1.56. The van der Waals surface area contributed by atoms with E-state index in [0.29, 0.717) is 15.6 Å². The number of nitrogens with zero attached hydrogens (tertiary/aromatic N) is 2. The molecule has 2 heterocycles. The maximum Gasteiger partial charge on any atom is 0.434 e. The highest BCUT2D eigenvalue weighted by Gasteiger charge is 2.35. The Morgan fingerprint density at radius 3 is 2.48 bits per heavy atom. The Morgan fingerprint density at radius 1 is 1.00 bits per heavy atom. The standard InChI is InChI=1S/C21H14ClF3N2S2/c1-28-14-6-4-5-13(11-14)17-9-10-18(29-17)20-26-19(21(23,24)25)12-27(20)16-8-3-2-7-15(16)22/h2-12H,1H3. The van der Waals surface area contributed by atoms with Crippen molar-refractivity contribution in [2.75, 3.05) is 6.26 Å². The molecule has 0 aliphatic carbocycles. The van der Waals surface area contributed by atoms with Crippen molar-refractivity contribution in [3.63, 3.8) is 0 Å². The lowest BCUT2D eigenvalue weighted by Gasteiger charge is -2.08. The molecule has 0 saturated carbocycles. The van der Waals surface area contributed by atoms with Gasteiger partial charge < -0.3 is 0 Å². The summed E-state index contributed by atoms with van der Waals surface area (Å²) in [5.74, 6) is 0.211. The fourth-order valence-electron chi connectivity index (χ4n) is 2.91. The van der Waals surface area contributed by atoms with E-state index in [2.05, 4.69) is 11.1 Å². The zero-order valence-electron chi connectivity index (χ0n) is 15.1. The molecule has 2 aromatic heterocycles. The van der Waals surface area contributed by atoms with Crippen LogP contribution in [0.15, 0.2) is 71.8 Å². The lowest BCUT2D eigenvalue weighted by atomic mass is 10.2. The fourth-order valence-corrected chi connectivity index (χ4v) is 4.59. The topological polar surface area (TPSA) is 17.8 Å². The first kappa shape index (κ1) is 20.1. The molecule has 2 nitrogen and oxygen atoms in total. The van der Waals surface area contributed by atoms with Crippen LogP contribution in [0.4, 0.5) is 13.2 Å². The van der Waals surface area contributed by atoms with Gasteiger partial charge in [-0.1, -0.05) is 35.9 Å². The minimum Gasteiger partial charge on any atom is -0.297 e. The third kappa shape index (κ3) is 4.08. The Kier molecular flexibility index (Phi) is 5.46. The van der Waals surface area contributed by atoms with Crippen LogP contribution >= 0.6 is 34.7 Å². The molecule has 8 heteroatoms. The van der Waals surface area contributed by atoms with E-state index >= 15 is 0 Å². The maximum absolute atomic E-state index is 13.4. The normalized spacial score (nSPS) is 11.8. The van der Waals surface area contributed by atoms with Gasteiger partial charge in [-0.05, 0) is 48.2 Å². The van der Waals surface area contributed by atoms with Gasteiger partial charge in [0, 0.05) is 16.0 Å². The van der Waals surface area contributed by atoms with Gasteiger partial charge in [-0.3, -0.25) is 4.57 Å². The number of hydrogen-bond acceptors (Lipinski definition) is 3. The second-order valence-corrected chi connectivity index (χ2v) is 8.54. The average molecular weight is 451 g/mol. The Balaban J connectivity index is 1.84. The van der Waals surface area contributed by atoms with Gasteiger partial charge in [-0.15, -0.1) is 23.1 Å². The third-order valence-corrected chi connectivity index (χ3v) is 6.46. The minimum absolute atomic E-state index is 0.211. The van der Waals surface area contributed by atoms with Gasteiger partial charge >= 0.3 is 6.18 Å². The number of thioether (sulfide) groups is 1. The molecule has 0 unspecified atom stereocenters. The van der Waals surface area contributed by atoms with Crippen LogP contribution in [0.1, 0.15) is 5.69 Å². The number of hydrogen-bond donors (Lipinski definition) is 0. The van der Waals surface area contributed by atoms with Crippen LogP contribution in [0.2, 0.25) is 5.02 Å². The van der Waals surface area contributed by atoms with Crippen molar-refractivity contribution < 1.29 is 13.2 Å². The maximum atomic E-state index is 13.4. The van der Waals surface area contributed by atoms with Crippen molar-refractivity contribution in [3.8, 4) is 26.8 Å². The molecule has 0 aliphatic heterocycles. The predicted octanol–water partition coefficient (Wildman–Crippen LogP) is 7.66. The Labute approximate surface area is 179 Å². The number of thiophene rings is 1. The van der Waals surface area contributed by atoms with Gasteiger partial charge in [-0.2, -0.15) is 13.2 Å². The van der Waals surface area contributed by atoms with Gasteiger partial charge in [0.2, 0.25) is 0 Å². The highest BCUT2D eigenvalue weighted by molar-refractivity contribution is 7.98. The van der Waals surface area contributed by atoms with E-state index in [4.69, 9.17) is 11.6 Å². The van der Waals surface area contributed by atoms with Gasteiger partial charge in [0.15, 0.2) is 11.5 Å². The molecular weight excluding hydrogens is 437 g/mol. The second-order valence-electron chi connectivity index (χ2n) is 6.16. The monoisotopic (exact) mass is 450 g/mol. The third-order valence-electron chi connectivity index (χ3n) is 4.29. The number of alkyl halides is 3. The molecule has 0 aliphatic rings. The van der Waals surface area contributed by atoms with E-state index in [1.54, 1.807) is 42.1 Å². The highest BCUT2D eigenvalue weighted by Crippen LogP contribution is 2.39. The van der Waals surface area contributed by atoms with Crippen LogP contribution in [0, 0.1) is 0 Å². The number of halogens is 4. The van der Waals surface area contributed by atoms with Crippen LogP contribution in [-0.2, 0) is 6.18 Å². The van der Waals surface area contributed by atoms with Gasteiger partial charge in [0.25, 0.3) is 0 Å². The minimum atomic E-state index is -4.55. The van der Waals surface area contributed by atoms with E-state index in [9.17, 15) is 13.2 Å². The molecule has 0 amide bonds. The molecule has 0 fully saturated rings. The zero-order chi connectivity index (χ0) is 20.6. The van der Waals surface area contributed by atoms with Gasteiger partial charge in [0.05, 0.1) is 15.6 Å². The lowest BCUT2D eigenvalue weighted by Crippen LogP contribution is -2.04. The quantitative estimate of drug-likeness (QED) is 0.297. The largest absolute Gasteiger partial charge is 0.434 e. The van der Waals surface area contributed by atoms with E-state index in [1.807, 2.05) is 30.5 Å². The van der Waals surface area contributed by atoms with E-state index in [-0.39, 0.29) is 5.82 Å². The molecule has 0 radical (unpaired) electrons. The van der Waals surface area contributed by atoms with E-state index in [1.165, 1.54) is 15.9 Å². The summed E-state index contributed by atoms with van der Waals surface area (Å²) in [7, 11) is 0. The van der Waals surface area contributed by atoms with Crippen LogP contribution < -0.4 is 0 Å². The first-order valence-corrected chi connectivity index (χ1v) is 10.9. The SMILES string of the molecule is CSc1cccc(-c2ccc(-c3nc(C(F)(F)F)cn3-c3ccccc3Cl)s2)c1. The van der Waals surface area contributed by atoms with Gasteiger partial charge in [0.1, 0.15) is 0 Å². The summed E-state index contributed by atoms with van der Waals surface area (Å²) < 4.78 is 41.5. The van der Waals surface area contributed by atoms with Crippen molar-refractivity contribution in [3.05, 3.63) is 77.6 Å². The number of para-hydroxylation sites is 1. The molecule has 0 N–H and O–H groups in total. The number of benzene rings is 2. The Hall–Kier alpha value is -2.22. The van der Waals surface area contributed by atoms with Gasteiger partial charge in [-0.25, -0.2) is 4.98 Å². The summed E-state index contributed by atoms with van der Waals surface area (Å²) in [5.41, 5.74) is 0.512. The van der Waals surface area contributed by atoms with Crippen LogP contribution in [0.25, 0.3) is 26.8 Å². The van der Waals surface area contributed by atoms with Crippen LogP contribution in [0.5, 0.6) is 0 Å². The molecule has 29 heavy (non-hydrogen) atoms. The fraction of sp³-hybridized carbons (Fsp3) is 0.0952. The predicted molar refractivity (Wildman–Crippen MR) is 114 cm³/mol. The summed E-state index contributed by atoms with van der Waals surface area (Å²) in [5, 5.41) is 0.351. The molecule has 4 rings (SSSR count). The average Bonchev–Trinajstić information content (AvgIpc) is 3.35. The lowest BCUT2D eigenvalue weighted by molar-refractivity contribution is -0.140. The number of imidazole rings is 1. The smallest absolute Gasteiger partial charge is 0.297 e. The molecule has 4 aromatic rings. The van der Waals surface area contributed by atoms with Crippen molar-refractivity contribution >= 4 is 34.7 Å². The second kappa shape index (κ2) is 7.89. The molecule has 0 saturated heterocycles. The molecule has 2 aromatic carbocycles. The van der Waals surface area contributed by atoms with E-state index < -0.39 is 11.9 Å². The molecular formula is C21H14ClF3N2S2. The molecule has 0 spiro atoms. The summed E-state index contributed by atoms with van der Waals surface area (Å²) in [6.45, 7) is 0. The highest BCUT2D eigenvalue weighted by atomic mass is 35.5. The van der Waals surface area contributed by atoms with Crippen molar-refractivity contribution in [1.82, 2.24) is 9.55 Å². The van der Waals surface area contributed by atoms with E-state index in [0.717, 1.165) is 21.5 Å². The summed E-state index contributed by atoms with van der Waals surface area (Å²) >= 11 is 9.28. The Bertz CT molecular complexity index is 1160. The first-order chi connectivity index (χ1) is 13.9. The summed E-state index contributed by atoms with van der Waals surface area (Å²) in [6, 6.07) is 18.5. The molecule has 148 valence electrons. The summed E-state index contributed by atoms with van der Waals surface area (Å²) in [4.78, 5) is 6.60. The van der Waals surface area contributed by atoms with Crippen LogP contribution in [-0.4, -0.2) is 15.8 Å².